The Balaban J connectivity index is 1.84. The third kappa shape index (κ3) is 5.14. The SMILES string of the molecule is C[C@@H](OC(=O)CCc1cccs1)C(=O)Nc1cc(F)ccc1F. The molecule has 1 atom stereocenters. The van der Waals surface area contributed by atoms with Gasteiger partial charge in [-0.15, -0.1) is 11.3 Å². The first-order valence-corrected chi connectivity index (χ1v) is 7.81. The van der Waals surface area contributed by atoms with Gasteiger partial charge in [0.1, 0.15) is 11.6 Å². The second-order valence-electron chi connectivity index (χ2n) is 4.82. The van der Waals surface area contributed by atoms with Gasteiger partial charge in [0.05, 0.1) is 12.1 Å². The number of carbonyl (C=O) groups is 2. The third-order valence-corrected chi connectivity index (χ3v) is 3.96. The number of aryl methyl sites for hydroxylation is 1. The molecule has 0 saturated heterocycles. The van der Waals surface area contributed by atoms with E-state index in [9.17, 15) is 18.4 Å². The van der Waals surface area contributed by atoms with Gasteiger partial charge in [0.2, 0.25) is 0 Å². The summed E-state index contributed by atoms with van der Waals surface area (Å²) in [5, 5.41) is 4.10. The molecule has 122 valence electrons. The van der Waals surface area contributed by atoms with Gasteiger partial charge in [-0.2, -0.15) is 0 Å². The number of benzene rings is 1. The van der Waals surface area contributed by atoms with Crippen LogP contribution in [-0.2, 0) is 20.7 Å². The Morgan fingerprint density at radius 1 is 1.30 bits per heavy atom. The summed E-state index contributed by atoms with van der Waals surface area (Å²) in [6.07, 6.45) is -0.427. The zero-order valence-electron chi connectivity index (χ0n) is 12.3. The Hall–Kier alpha value is -2.28. The first-order valence-electron chi connectivity index (χ1n) is 6.93. The lowest BCUT2D eigenvalue weighted by atomic mass is 10.2. The zero-order chi connectivity index (χ0) is 16.8. The summed E-state index contributed by atoms with van der Waals surface area (Å²) in [4.78, 5) is 24.6. The molecule has 0 fully saturated rings. The number of ether oxygens (including phenoxy) is 1. The first kappa shape index (κ1) is 17.1. The van der Waals surface area contributed by atoms with E-state index in [1.165, 1.54) is 18.3 Å². The van der Waals surface area contributed by atoms with Gasteiger partial charge in [0.15, 0.2) is 6.10 Å². The fraction of sp³-hybridized carbons (Fsp3) is 0.250. The number of rotatable bonds is 6. The lowest BCUT2D eigenvalue weighted by Crippen LogP contribution is -2.30. The number of carbonyl (C=O) groups excluding carboxylic acids is 2. The van der Waals surface area contributed by atoms with Crippen molar-refractivity contribution in [3.05, 3.63) is 52.2 Å². The van der Waals surface area contributed by atoms with Gasteiger partial charge in [0.25, 0.3) is 5.91 Å². The third-order valence-electron chi connectivity index (χ3n) is 3.02. The summed E-state index contributed by atoms with van der Waals surface area (Å²) in [5.41, 5.74) is -0.295. The molecule has 2 rings (SSSR count). The minimum absolute atomic E-state index is 0.145. The van der Waals surface area contributed by atoms with Gasteiger partial charge in [-0.1, -0.05) is 6.07 Å². The van der Waals surface area contributed by atoms with E-state index in [-0.39, 0.29) is 12.1 Å². The number of hydrogen-bond acceptors (Lipinski definition) is 4. The Morgan fingerprint density at radius 2 is 2.09 bits per heavy atom. The van der Waals surface area contributed by atoms with E-state index in [0.29, 0.717) is 6.42 Å². The van der Waals surface area contributed by atoms with E-state index in [1.54, 1.807) is 0 Å². The predicted octanol–water partition coefficient (Wildman–Crippen LogP) is 3.53. The maximum absolute atomic E-state index is 13.4. The van der Waals surface area contributed by atoms with E-state index >= 15 is 0 Å². The highest BCUT2D eigenvalue weighted by molar-refractivity contribution is 7.09. The second-order valence-corrected chi connectivity index (χ2v) is 5.86. The van der Waals surface area contributed by atoms with Crippen LogP contribution in [0.5, 0.6) is 0 Å². The topological polar surface area (TPSA) is 55.4 Å². The normalized spacial score (nSPS) is 11.8. The van der Waals surface area contributed by atoms with Crippen LogP contribution in [0.2, 0.25) is 0 Å². The lowest BCUT2D eigenvalue weighted by molar-refractivity contribution is -0.153. The van der Waals surface area contributed by atoms with Gasteiger partial charge in [-0.25, -0.2) is 8.78 Å². The fourth-order valence-corrected chi connectivity index (χ4v) is 2.53. The molecule has 0 spiro atoms. The van der Waals surface area contributed by atoms with E-state index < -0.39 is 29.6 Å². The van der Waals surface area contributed by atoms with Crippen molar-refractivity contribution in [2.24, 2.45) is 0 Å². The van der Waals surface area contributed by atoms with Crippen LogP contribution < -0.4 is 5.32 Å². The minimum atomic E-state index is -1.10. The summed E-state index contributed by atoms with van der Waals surface area (Å²) in [6, 6.07) is 6.50. The minimum Gasteiger partial charge on any atom is -0.453 e. The average Bonchev–Trinajstić information content (AvgIpc) is 3.02. The number of hydrogen-bond donors (Lipinski definition) is 1. The molecule has 0 aliphatic heterocycles. The lowest BCUT2D eigenvalue weighted by Gasteiger charge is -2.13. The maximum Gasteiger partial charge on any atom is 0.306 e. The van der Waals surface area contributed by atoms with Crippen LogP contribution in [-0.4, -0.2) is 18.0 Å². The molecule has 0 unspecified atom stereocenters. The number of halogens is 2. The highest BCUT2D eigenvalue weighted by Gasteiger charge is 2.19. The highest BCUT2D eigenvalue weighted by Crippen LogP contribution is 2.16. The molecule has 0 aliphatic carbocycles. The molecule has 1 heterocycles. The molecule has 1 aromatic carbocycles. The van der Waals surface area contributed by atoms with E-state index in [1.807, 2.05) is 17.5 Å². The van der Waals surface area contributed by atoms with E-state index in [4.69, 9.17) is 4.74 Å². The van der Waals surface area contributed by atoms with Gasteiger partial charge >= 0.3 is 5.97 Å². The standard InChI is InChI=1S/C16H15F2NO3S/c1-10(22-15(20)7-5-12-3-2-8-23-12)16(21)19-14-9-11(17)4-6-13(14)18/h2-4,6,8-10H,5,7H2,1H3,(H,19,21)/t10-/m1/s1. The molecular formula is C16H15F2NO3S. The number of thiophene rings is 1. The van der Waals surface area contributed by atoms with Crippen molar-refractivity contribution in [1.82, 2.24) is 0 Å². The summed E-state index contributed by atoms with van der Waals surface area (Å²) in [7, 11) is 0. The van der Waals surface area contributed by atoms with Crippen molar-refractivity contribution in [3.63, 3.8) is 0 Å². The molecule has 1 N–H and O–H groups in total. The molecule has 1 aromatic heterocycles. The summed E-state index contributed by atoms with van der Waals surface area (Å²) >= 11 is 1.53. The molecule has 4 nitrogen and oxygen atoms in total. The molecule has 0 bridgehead atoms. The molecule has 0 saturated carbocycles. The van der Waals surface area contributed by atoms with Crippen LogP contribution >= 0.6 is 11.3 Å². The smallest absolute Gasteiger partial charge is 0.306 e. The summed E-state index contributed by atoms with van der Waals surface area (Å²) in [6.45, 7) is 1.37. The first-order chi connectivity index (χ1) is 11.0. The largest absolute Gasteiger partial charge is 0.453 e. The monoisotopic (exact) mass is 339 g/mol. The maximum atomic E-state index is 13.4. The van der Waals surface area contributed by atoms with Gasteiger partial charge in [-0.05, 0) is 36.9 Å². The molecule has 0 radical (unpaired) electrons. The van der Waals surface area contributed by atoms with Gasteiger partial charge < -0.3 is 10.1 Å². The quantitative estimate of drug-likeness (QED) is 0.819. The number of anilines is 1. The summed E-state index contributed by atoms with van der Waals surface area (Å²) < 4.78 is 31.5. The van der Waals surface area contributed by atoms with Crippen molar-refractivity contribution >= 4 is 28.9 Å². The molecule has 2 aromatic rings. The van der Waals surface area contributed by atoms with Gasteiger partial charge in [0, 0.05) is 10.9 Å². The second kappa shape index (κ2) is 7.82. The van der Waals surface area contributed by atoms with Crippen molar-refractivity contribution in [2.75, 3.05) is 5.32 Å². The van der Waals surface area contributed by atoms with Crippen molar-refractivity contribution in [1.29, 1.82) is 0 Å². The van der Waals surface area contributed by atoms with E-state index in [0.717, 1.165) is 23.1 Å². The number of esters is 1. The van der Waals surface area contributed by atoms with Crippen molar-refractivity contribution in [2.45, 2.75) is 25.9 Å². The predicted molar refractivity (Wildman–Crippen MR) is 83.2 cm³/mol. The van der Waals surface area contributed by atoms with E-state index in [2.05, 4.69) is 5.32 Å². The average molecular weight is 339 g/mol. The van der Waals surface area contributed by atoms with Crippen LogP contribution in [0.4, 0.5) is 14.5 Å². The summed E-state index contributed by atoms with van der Waals surface area (Å²) in [5.74, 6) is -2.70. The van der Waals surface area contributed by atoms with Gasteiger partial charge in [-0.3, -0.25) is 9.59 Å². The Kier molecular flexibility index (Phi) is 5.81. The molecular weight excluding hydrogens is 324 g/mol. The van der Waals surface area contributed by atoms with Crippen LogP contribution in [0, 0.1) is 11.6 Å². The Bertz CT molecular complexity index is 689. The molecule has 7 heteroatoms. The molecule has 1 amide bonds. The Labute approximate surface area is 136 Å². The van der Waals surface area contributed by atoms with Crippen LogP contribution in [0.3, 0.4) is 0 Å². The van der Waals surface area contributed by atoms with Crippen LogP contribution in [0.25, 0.3) is 0 Å². The fourth-order valence-electron chi connectivity index (χ4n) is 1.82. The van der Waals surface area contributed by atoms with Crippen molar-refractivity contribution < 1.29 is 23.1 Å². The highest BCUT2D eigenvalue weighted by atomic mass is 32.1. The Morgan fingerprint density at radius 3 is 2.78 bits per heavy atom. The molecule has 23 heavy (non-hydrogen) atoms. The van der Waals surface area contributed by atoms with Crippen LogP contribution in [0.1, 0.15) is 18.2 Å². The number of nitrogens with one attached hydrogen (secondary N) is 1. The zero-order valence-corrected chi connectivity index (χ0v) is 13.2. The molecule has 0 aliphatic rings. The van der Waals surface area contributed by atoms with Crippen LogP contribution in [0.15, 0.2) is 35.7 Å². The number of amides is 1. The van der Waals surface area contributed by atoms with Crippen molar-refractivity contribution in [3.8, 4) is 0 Å².